The van der Waals surface area contributed by atoms with Crippen LogP contribution in [0, 0.1) is 6.92 Å². The molecule has 236 valence electrons. The number of carbonyl (C=O) groups excluding carboxylic acids is 2. The van der Waals surface area contributed by atoms with Crippen molar-refractivity contribution >= 4 is 17.5 Å². The molecule has 5 rings (SSSR count). The molecule has 0 fully saturated rings. The number of benzene rings is 3. The predicted octanol–water partition coefficient (Wildman–Crippen LogP) is 6.00. The minimum Gasteiger partial charge on any atom is -0.497 e. The SMILES string of the molecule is COc1ccc(CC(=O)N2CCCN(C(C)C)CCN(C(=O)c3cc(-c4ccc(OC)cc4)no3)Cc3cccc(C)c32)cc1. The molecule has 9 nitrogen and oxygen atoms in total. The topological polar surface area (TPSA) is 88.4 Å². The Kier molecular flexibility index (Phi) is 10.2. The highest BCUT2D eigenvalue weighted by Crippen LogP contribution is 2.30. The number of fused-ring (bicyclic) bond motifs is 1. The van der Waals surface area contributed by atoms with Gasteiger partial charge in [0, 0.05) is 50.4 Å². The minimum absolute atomic E-state index is 0.0169. The maximum Gasteiger partial charge on any atom is 0.292 e. The first-order valence-electron chi connectivity index (χ1n) is 15.4. The van der Waals surface area contributed by atoms with Gasteiger partial charge in [-0.15, -0.1) is 0 Å². The molecule has 45 heavy (non-hydrogen) atoms. The lowest BCUT2D eigenvalue weighted by molar-refractivity contribution is -0.118. The fourth-order valence-corrected chi connectivity index (χ4v) is 5.81. The summed E-state index contributed by atoms with van der Waals surface area (Å²) < 4.78 is 16.2. The van der Waals surface area contributed by atoms with Crippen LogP contribution in [0.15, 0.2) is 77.3 Å². The van der Waals surface area contributed by atoms with Crippen LogP contribution in [0.1, 0.15) is 47.5 Å². The molecule has 0 bridgehead atoms. The van der Waals surface area contributed by atoms with Crippen molar-refractivity contribution in [2.24, 2.45) is 0 Å². The Hall–Kier alpha value is -4.63. The molecular formula is C36H42N4O5. The number of carbonyl (C=O) groups is 2. The molecule has 0 unspecified atom stereocenters. The fraction of sp³-hybridized carbons (Fsp3) is 0.361. The van der Waals surface area contributed by atoms with Crippen LogP contribution in [0.3, 0.4) is 0 Å². The van der Waals surface area contributed by atoms with Gasteiger partial charge in [-0.2, -0.15) is 0 Å². The van der Waals surface area contributed by atoms with E-state index in [1.807, 2.05) is 83.5 Å². The highest BCUT2D eigenvalue weighted by atomic mass is 16.5. The predicted molar refractivity (Wildman–Crippen MR) is 175 cm³/mol. The third kappa shape index (κ3) is 7.54. The zero-order valence-electron chi connectivity index (χ0n) is 26.8. The van der Waals surface area contributed by atoms with Crippen LogP contribution in [0.5, 0.6) is 11.5 Å². The molecule has 0 spiro atoms. The first-order chi connectivity index (χ1) is 21.8. The molecule has 1 aliphatic heterocycles. The zero-order chi connectivity index (χ0) is 31.9. The van der Waals surface area contributed by atoms with Crippen molar-refractivity contribution in [2.45, 2.75) is 46.2 Å². The Balaban J connectivity index is 1.46. The van der Waals surface area contributed by atoms with Crippen molar-refractivity contribution in [3.8, 4) is 22.8 Å². The number of rotatable bonds is 7. The van der Waals surface area contributed by atoms with Crippen LogP contribution >= 0.6 is 0 Å². The summed E-state index contributed by atoms with van der Waals surface area (Å²) in [5.41, 5.74) is 5.10. The zero-order valence-corrected chi connectivity index (χ0v) is 26.8. The van der Waals surface area contributed by atoms with Crippen LogP contribution in [-0.4, -0.2) is 73.2 Å². The van der Waals surface area contributed by atoms with Gasteiger partial charge in [-0.3, -0.25) is 14.5 Å². The molecule has 1 aromatic heterocycles. The van der Waals surface area contributed by atoms with Gasteiger partial charge in [-0.05, 0) is 80.3 Å². The molecule has 1 aliphatic rings. The van der Waals surface area contributed by atoms with Crippen molar-refractivity contribution < 1.29 is 23.6 Å². The molecule has 9 heteroatoms. The molecule has 0 radical (unpaired) electrons. The van der Waals surface area contributed by atoms with Gasteiger partial charge >= 0.3 is 0 Å². The Bertz CT molecular complexity index is 1600. The van der Waals surface area contributed by atoms with E-state index in [2.05, 4.69) is 23.9 Å². The van der Waals surface area contributed by atoms with Gasteiger partial charge in [-0.25, -0.2) is 0 Å². The number of aromatic nitrogens is 1. The van der Waals surface area contributed by atoms with Gasteiger partial charge < -0.3 is 23.8 Å². The quantitative estimate of drug-likeness (QED) is 0.254. The van der Waals surface area contributed by atoms with E-state index in [-0.39, 0.29) is 30.0 Å². The molecule has 0 N–H and O–H groups in total. The number of amides is 2. The molecule has 2 heterocycles. The average molecular weight is 611 g/mol. The second-order valence-corrected chi connectivity index (χ2v) is 11.7. The van der Waals surface area contributed by atoms with Crippen LogP contribution in [-0.2, 0) is 17.8 Å². The summed E-state index contributed by atoms with van der Waals surface area (Å²) in [6.07, 6.45) is 1.07. The van der Waals surface area contributed by atoms with Crippen molar-refractivity contribution in [3.05, 3.63) is 95.2 Å². The molecule has 0 saturated heterocycles. The summed E-state index contributed by atoms with van der Waals surface area (Å²) in [6.45, 7) is 9.26. The second-order valence-electron chi connectivity index (χ2n) is 11.7. The summed E-state index contributed by atoms with van der Waals surface area (Å²) in [7, 11) is 3.25. The Morgan fingerprint density at radius 3 is 2.24 bits per heavy atom. The number of anilines is 1. The maximum atomic E-state index is 14.0. The summed E-state index contributed by atoms with van der Waals surface area (Å²) in [5.74, 6) is 1.44. The molecule has 2 amide bonds. The van der Waals surface area contributed by atoms with E-state index < -0.39 is 0 Å². The number of aryl methyl sites for hydroxylation is 1. The Morgan fingerprint density at radius 1 is 0.889 bits per heavy atom. The van der Waals surface area contributed by atoms with Crippen LogP contribution in [0.25, 0.3) is 11.3 Å². The summed E-state index contributed by atoms with van der Waals surface area (Å²) in [4.78, 5) is 34.1. The second kappa shape index (κ2) is 14.4. The standard InChI is InChI=1S/C36H42N4O5/c1-25(2)38-18-7-19-40(34(41)22-27-10-14-30(43-4)15-11-27)35-26(3)8-6-9-29(35)24-39(21-20-38)36(42)33-23-32(37-45-33)28-12-16-31(44-5)17-13-28/h6,8-17,23,25H,7,18-22,24H2,1-5H3. The Morgan fingerprint density at radius 2 is 1.58 bits per heavy atom. The first kappa shape index (κ1) is 31.8. The van der Waals surface area contributed by atoms with Crippen molar-refractivity contribution in [3.63, 3.8) is 0 Å². The highest BCUT2D eigenvalue weighted by Gasteiger charge is 2.28. The van der Waals surface area contributed by atoms with Gasteiger partial charge in [0.05, 0.1) is 26.3 Å². The van der Waals surface area contributed by atoms with Crippen molar-refractivity contribution in [1.29, 1.82) is 0 Å². The number of hydrogen-bond donors (Lipinski definition) is 0. The summed E-state index contributed by atoms with van der Waals surface area (Å²) in [5, 5.41) is 4.20. The van der Waals surface area contributed by atoms with E-state index in [0.29, 0.717) is 31.9 Å². The molecule has 4 aromatic rings. The van der Waals surface area contributed by atoms with Gasteiger partial charge in [0.15, 0.2) is 0 Å². The maximum absolute atomic E-state index is 14.0. The Labute approximate surface area is 265 Å². The lowest BCUT2D eigenvalue weighted by Gasteiger charge is -2.29. The van der Waals surface area contributed by atoms with Crippen LogP contribution in [0.4, 0.5) is 5.69 Å². The smallest absolute Gasteiger partial charge is 0.292 e. The third-order valence-corrected chi connectivity index (χ3v) is 8.38. The monoisotopic (exact) mass is 610 g/mol. The van der Waals surface area contributed by atoms with Gasteiger partial charge in [0.1, 0.15) is 17.2 Å². The average Bonchev–Trinajstić information content (AvgIpc) is 3.53. The van der Waals surface area contributed by atoms with E-state index in [1.165, 1.54) is 0 Å². The molecule has 3 aromatic carbocycles. The normalized spacial score (nSPS) is 14.5. The lowest BCUT2D eigenvalue weighted by Crippen LogP contribution is -2.41. The first-order valence-corrected chi connectivity index (χ1v) is 15.4. The largest absolute Gasteiger partial charge is 0.497 e. The van der Waals surface area contributed by atoms with Gasteiger partial charge in [0.25, 0.3) is 5.91 Å². The molecule has 0 atom stereocenters. The van der Waals surface area contributed by atoms with E-state index in [4.69, 9.17) is 14.0 Å². The van der Waals surface area contributed by atoms with Crippen LogP contribution < -0.4 is 14.4 Å². The van der Waals surface area contributed by atoms with Crippen molar-refractivity contribution in [1.82, 2.24) is 15.0 Å². The van der Waals surface area contributed by atoms with Gasteiger partial charge in [-0.1, -0.05) is 35.5 Å². The number of methoxy groups -OCH3 is 2. The van der Waals surface area contributed by atoms with E-state index in [0.717, 1.165) is 52.4 Å². The highest BCUT2D eigenvalue weighted by molar-refractivity contribution is 5.97. The van der Waals surface area contributed by atoms with E-state index in [1.54, 1.807) is 20.3 Å². The molecule has 0 aliphatic carbocycles. The third-order valence-electron chi connectivity index (χ3n) is 8.38. The molecular weight excluding hydrogens is 568 g/mol. The summed E-state index contributed by atoms with van der Waals surface area (Å²) in [6, 6.07) is 23.1. The fourth-order valence-electron chi connectivity index (χ4n) is 5.81. The number of nitrogens with zero attached hydrogens (tertiary/aromatic N) is 4. The van der Waals surface area contributed by atoms with Crippen molar-refractivity contribution in [2.75, 3.05) is 45.3 Å². The van der Waals surface area contributed by atoms with Gasteiger partial charge in [0.2, 0.25) is 11.7 Å². The van der Waals surface area contributed by atoms with E-state index >= 15 is 0 Å². The van der Waals surface area contributed by atoms with Crippen LogP contribution in [0.2, 0.25) is 0 Å². The minimum atomic E-state index is -0.242. The van der Waals surface area contributed by atoms with E-state index in [9.17, 15) is 9.59 Å². The number of ether oxygens (including phenoxy) is 2. The summed E-state index contributed by atoms with van der Waals surface area (Å²) >= 11 is 0. The number of para-hydroxylation sites is 1. The molecule has 0 saturated carbocycles. The number of hydrogen-bond acceptors (Lipinski definition) is 7. The lowest BCUT2D eigenvalue weighted by atomic mass is 10.0.